The molecule has 1 aliphatic rings. The summed E-state index contributed by atoms with van der Waals surface area (Å²) in [5, 5.41) is 2.95. The third kappa shape index (κ3) is 1.65. The SMILES string of the molecule is Cc1cc2c(cc1C)NC(=O)CCC2. The molecular weight excluding hydrogens is 174 g/mol. The molecule has 0 spiro atoms. The number of benzene rings is 1. The van der Waals surface area contributed by atoms with Crippen LogP contribution in [0.4, 0.5) is 5.69 Å². The van der Waals surface area contributed by atoms with Gasteiger partial charge in [-0.05, 0) is 49.4 Å². The van der Waals surface area contributed by atoms with Crippen molar-refractivity contribution >= 4 is 11.6 Å². The Morgan fingerprint density at radius 2 is 1.86 bits per heavy atom. The van der Waals surface area contributed by atoms with Crippen molar-refractivity contribution in [2.75, 3.05) is 5.32 Å². The predicted molar refractivity (Wildman–Crippen MR) is 57.5 cm³/mol. The minimum atomic E-state index is 0.145. The van der Waals surface area contributed by atoms with Crippen molar-refractivity contribution in [1.29, 1.82) is 0 Å². The summed E-state index contributed by atoms with van der Waals surface area (Å²) >= 11 is 0. The molecule has 1 aliphatic heterocycles. The van der Waals surface area contributed by atoms with Crippen molar-refractivity contribution in [3.05, 3.63) is 28.8 Å². The van der Waals surface area contributed by atoms with Crippen LogP contribution in [0.1, 0.15) is 29.5 Å². The van der Waals surface area contributed by atoms with Crippen LogP contribution in [0, 0.1) is 13.8 Å². The zero-order chi connectivity index (χ0) is 10.1. The van der Waals surface area contributed by atoms with Gasteiger partial charge in [-0.3, -0.25) is 4.79 Å². The topological polar surface area (TPSA) is 29.1 Å². The number of anilines is 1. The van der Waals surface area contributed by atoms with Crippen LogP contribution in [0.15, 0.2) is 12.1 Å². The van der Waals surface area contributed by atoms with Crippen LogP contribution in [0.5, 0.6) is 0 Å². The highest BCUT2D eigenvalue weighted by atomic mass is 16.1. The van der Waals surface area contributed by atoms with Crippen LogP contribution in [0.25, 0.3) is 0 Å². The number of nitrogens with one attached hydrogen (secondary N) is 1. The lowest BCUT2D eigenvalue weighted by atomic mass is 10.0. The fourth-order valence-corrected chi connectivity index (χ4v) is 1.85. The molecule has 14 heavy (non-hydrogen) atoms. The van der Waals surface area contributed by atoms with Crippen LogP contribution >= 0.6 is 0 Å². The molecule has 1 aromatic carbocycles. The Labute approximate surface area is 84.3 Å². The number of carbonyl (C=O) groups is 1. The highest BCUT2D eigenvalue weighted by molar-refractivity contribution is 5.92. The molecule has 0 saturated carbocycles. The Morgan fingerprint density at radius 3 is 2.64 bits per heavy atom. The van der Waals surface area contributed by atoms with Gasteiger partial charge < -0.3 is 5.32 Å². The maximum atomic E-state index is 11.3. The number of fused-ring (bicyclic) bond motifs is 1. The first-order valence-electron chi connectivity index (χ1n) is 5.07. The summed E-state index contributed by atoms with van der Waals surface area (Å²) < 4.78 is 0. The zero-order valence-electron chi connectivity index (χ0n) is 8.68. The molecule has 0 saturated heterocycles. The van der Waals surface area contributed by atoms with Crippen molar-refractivity contribution in [3.8, 4) is 0 Å². The van der Waals surface area contributed by atoms with Gasteiger partial charge in [-0.25, -0.2) is 0 Å². The van der Waals surface area contributed by atoms with E-state index in [0.717, 1.165) is 18.5 Å². The molecule has 1 amide bonds. The molecule has 2 heteroatoms. The lowest BCUT2D eigenvalue weighted by Crippen LogP contribution is -2.09. The maximum absolute atomic E-state index is 11.3. The third-order valence-corrected chi connectivity index (χ3v) is 2.84. The molecule has 2 rings (SSSR count). The van der Waals surface area contributed by atoms with Gasteiger partial charge in [0, 0.05) is 12.1 Å². The summed E-state index contributed by atoms with van der Waals surface area (Å²) in [6.45, 7) is 4.19. The molecule has 2 nitrogen and oxygen atoms in total. The van der Waals surface area contributed by atoms with Crippen LogP contribution in [-0.4, -0.2) is 5.91 Å². The van der Waals surface area contributed by atoms with E-state index in [4.69, 9.17) is 0 Å². The second kappa shape index (κ2) is 3.45. The smallest absolute Gasteiger partial charge is 0.224 e. The molecule has 1 aromatic rings. The van der Waals surface area contributed by atoms with Gasteiger partial charge in [0.05, 0.1) is 0 Å². The van der Waals surface area contributed by atoms with Crippen LogP contribution in [-0.2, 0) is 11.2 Å². The van der Waals surface area contributed by atoms with E-state index in [0.29, 0.717) is 6.42 Å². The van der Waals surface area contributed by atoms with Crippen molar-refractivity contribution in [2.24, 2.45) is 0 Å². The van der Waals surface area contributed by atoms with Crippen LogP contribution < -0.4 is 5.32 Å². The Hall–Kier alpha value is -1.31. The van der Waals surface area contributed by atoms with Crippen molar-refractivity contribution < 1.29 is 4.79 Å². The van der Waals surface area contributed by atoms with E-state index >= 15 is 0 Å². The summed E-state index contributed by atoms with van der Waals surface area (Å²) in [5.74, 6) is 0.145. The quantitative estimate of drug-likeness (QED) is 0.667. The average Bonchev–Trinajstić information content (AvgIpc) is 2.28. The van der Waals surface area contributed by atoms with E-state index in [1.807, 2.05) is 0 Å². The predicted octanol–water partition coefficient (Wildman–Crippen LogP) is 2.58. The summed E-state index contributed by atoms with van der Waals surface area (Å²) in [4.78, 5) is 11.3. The fraction of sp³-hybridized carbons (Fsp3) is 0.417. The van der Waals surface area contributed by atoms with E-state index in [-0.39, 0.29) is 5.91 Å². The minimum absolute atomic E-state index is 0.145. The fourth-order valence-electron chi connectivity index (χ4n) is 1.85. The Balaban J connectivity index is 2.46. The Bertz CT molecular complexity index is 382. The number of hydrogen-bond acceptors (Lipinski definition) is 1. The molecular formula is C12H15NO. The van der Waals surface area contributed by atoms with E-state index < -0.39 is 0 Å². The average molecular weight is 189 g/mol. The highest BCUT2D eigenvalue weighted by Gasteiger charge is 2.13. The second-order valence-electron chi connectivity index (χ2n) is 4.00. The lowest BCUT2D eigenvalue weighted by Gasteiger charge is -2.09. The van der Waals surface area contributed by atoms with E-state index in [2.05, 4.69) is 31.3 Å². The molecule has 0 bridgehead atoms. The molecule has 0 atom stereocenters. The van der Waals surface area contributed by atoms with E-state index in [1.54, 1.807) is 0 Å². The van der Waals surface area contributed by atoms with Gasteiger partial charge >= 0.3 is 0 Å². The monoisotopic (exact) mass is 189 g/mol. The molecule has 0 unspecified atom stereocenters. The van der Waals surface area contributed by atoms with E-state index in [9.17, 15) is 4.79 Å². The standard InChI is InChI=1S/C12H15NO/c1-8-6-10-4-3-5-12(14)13-11(10)7-9(8)2/h6-7H,3-5H2,1-2H3,(H,13,14). The number of amides is 1. The van der Waals surface area contributed by atoms with Crippen molar-refractivity contribution in [1.82, 2.24) is 0 Å². The molecule has 1 heterocycles. The van der Waals surface area contributed by atoms with Gasteiger partial charge in [0.25, 0.3) is 0 Å². The highest BCUT2D eigenvalue weighted by Crippen LogP contribution is 2.25. The molecule has 0 radical (unpaired) electrons. The Kier molecular flexibility index (Phi) is 2.28. The summed E-state index contributed by atoms with van der Waals surface area (Å²) in [7, 11) is 0. The van der Waals surface area contributed by atoms with Crippen LogP contribution in [0.2, 0.25) is 0 Å². The second-order valence-corrected chi connectivity index (χ2v) is 4.00. The van der Waals surface area contributed by atoms with Gasteiger partial charge in [-0.1, -0.05) is 6.07 Å². The van der Waals surface area contributed by atoms with Gasteiger partial charge in [0.15, 0.2) is 0 Å². The van der Waals surface area contributed by atoms with Gasteiger partial charge in [-0.15, -0.1) is 0 Å². The molecule has 0 aliphatic carbocycles. The van der Waals surface area contributed by atoms with Gasteiger partial charge in [0.1, 0.15) is 0 Å². The number of hydrogen-bond donors (Lipinski definition) is 1. The first-order chi connectivity index (χ1) is 6.66. The normalized spacial score (nSPS) is 15.7. The van der Waals surface area contributed by atoms with E-state index in [1.165, 1.54) is 16.7 Å². The minimum Gasteiger partial charge on any atom is -0.326 e. The van der Waals surface area contributed by atoms with Crippen molar-refractivity contribution in [3.63, 3.8) is 0 Å². The van der Waals surface area contributed by atoms with Crippen LogP contribution in [0.3, 0.4) is 0 Å². The molecule has 1 N–H and O–H groups in total. The molecule has 74 valence electrons. The first kappa shape index (κ1) is 9.25. The Morgan fingerprint density at radius 1 is 1.14 bits per heavy atom. The van der Waals surface area contributed by atoms with Crippen molar-refractivity contribution in [2.45, 2.75) is 33.1 Å². The summed E-state index contributed by atoms with van der Waals surface area (Å²) in [6, 6.07) is 4.27. The lowest BCUT2D eigenvalue weighted by molar-refractivity contribution is -0.116. The summed E-state index contributed by atoms with van der Waals surface area (Å²) in [5.41, 5.74) is 4.83. The third-order valence-electron chi connectivity index (χ3n) is 2.84. The maximum Gasteiger partial charge on any atom is 0.224 e. The number of rotatable bonds is 0. The number of carbonyl (C=O) groups excluding carboxylic acids is 1. The largest absolute Gasteiger partial charge is 0.326 e. The van der Waals surface area contributed by atoms with Gasteiger partial charge in [0.2, 0.25) is 5.91 Å². The number of aryl methyl sites for hydroxylation is 3. The summed E-state index contributed by atoms with van der Waals surface area (Å²) in [6.07, 6.45) is 2.61. The van der Waals surface area contributed by atoms with Gasteiger partial charge in [-0.2, -0.15) is 0 Å². The molecule has 0 aromatic heterocycles. The zero-order valence-corrected chi connectivity index (χ0v) is 8.68. The molecule has 0 fully saturated rings. The first-order valence-corrected chi connectivity index (χ1v) is 5.07.